The third kappa shape index (κ3) is 3.53. The number of carbonyl (C=O) groups is 2. The van der Waals surface area contributed by atoms with Crippen molar-refractivity contribution in [1.82, 2.24) is 5.32 Å². The van der Waals surface area contributed by atoms with Crippen LogP contribution in [0, 0.1) is 5.92 Å². The average Bonchev–Trinajstić information content (AvgIpc) is 2.86. The normalized spacial score (nSPS) is 22.0. The summed E-state index contributed by atoms with van der Waals surface area (Å²) in [7, 11) is 0. The van der Waals surface area contributed by atoms with E-state index in [0.717, 1.165) is 24.3 Å². The highest BCUT2D eigenvalue weighted by Crippen LogP contribution is 2.29. The van der Waals surface area contributed by atoms with Crippen LogP contribution in [0.2, 0.25) is 0 Å². The van der Waals surface area contributed by atoms with E-state index < -0.39 is 35.6 Å². The van der Waals surface area contributed by atoms with E-state index in [9.17, 15) is 22.8 Å². The van der Waals surface area contributed by atoms with Crippen LogP contribution in [0.5, 0.6) is 0 Å². The van der Waals surface area contributed by atoms with Crippen molar-refractivity contribution >= 4 is 11.9 Å². The Balaban J connectivity index is 2.05. The summed E-state index contributed by atoms with van der Waals surface area (Å²) in [6, 6.07) is 3.36. The van der Waals surface area contributed by atoms with Crippen molar-refractivity contribution in [2.45, 2.75) is 31.5 Å². The number of aliphatic carboxylic acids is 1. The lowest BCUT2D eigenvalue weighted by Crippen LogP contribution is -2.40. The van der Waals surface area contributed by atoms with Crippen LogP contribution in [0.4, 0.5) is 13.2 Å². The van der Waals surface area contributed by atoms with Crippen LogP contribution in [0.15, 0.2) is 24.3 Å². The number of amides is 1. The number of hydrogen-bond acceptors (Lipinski definition) is 2. The Bertz CT molecular complexity index is 539. The fraction of sp³-hybridized carbons (Fsp3) is 0.429. The van der Waals surface area contributed by atoms with Gasteiger partial charge in [-0.15, -0.1) is 0 Å². The molecule has 0 saturated heterocycles. The van der Waals surface area contributed by atoms with Crippen molar-refractivity contribution in [3.63, 3.8) is 0 Å². The lowest BCUT2D eigenvalue weighted by Gasteiger charge is -2.17. The van der Waals surface area contributed by atoms with Gasteiger partial charge in [0.15, 0.2) is 0 Å². The predicted molar refractivity (Wildman–Crippen MR) is 67.7 cm³/mol. The topological polar surface area (TPSA) is 66.4 Å². The zero-order valence-electron chi connectivity index (χ0n) is 11.0. The first kappa shape index (κ1) is 15.3. The zero-order chi connectivity index (χ0) is 15.6. The van der Waals surface area contributed by atoms with Gasteiger partial charge in [-0.3, -0.25) is 9.59 Å². The van der Waals surface area contributed by atoms with Crippen LogP contribution >= 0.6 is 0 Å². The molecule has 1 aromatic carbocycles. The third-order valence-corrected chi connectivity index (χ3v) is 3.62. The first-order chi connectivity index (χ1) is 9.79. The van der Waals surface area contributed by atoms with Gasteiger partial charge in [-0.05, 0) is 37.1 Å². The molecule has 0 heterocycles. The summed E-state index contributed by atoms with van der Waals surface area (Å²) >= 11 is 0. The minimum atomic E-state index is -4.45. The lowest BCUT2D eigenvalue weighted by atomic mass is 10.0. The van der Waals surface area contributed by atoms with Crippen molar-refractivity contribution in [3.8, 4) is 0 Å². The smallest absolute Gasteiger partial charge is 0.416 e. The number of nitrogens with one attached hydrogen (secondary N) is 1. The molecule has 0 spiro atoms. The highest BCUT2D eigenvalue weighted by Gasteiger charge is 2.34. The molecular formula is C14H14F3NO3. The van der Waals surface area contributed by atoms with Gasteiger partial charge in [-0.25, -0.2) is 0 Å². The van der Waals surface area contributed by atoms with Gasteiger partial charge >= 0.3 is 12.1 Å². The maximum Gasteiger partial charge on any atom is 0.416 e. The SMILES string of the molecule is O=C(NC1CCCC1C(=O)O)c1ccc(C(F)(F)F)cc1. The van der Waals surface area contributed by atoms with Crippen LogP contribution in [-0.4, -0.2) is 23.0 Å². The van der Waals surface area contributed by atoms with Crippen molar-refractivity contribution in [2.75, 3.05) is 0 Å². The van der Waals surface area contributed by atoms with E-state index in [0.29, 0.717) is 19.3 Å². The number of benzene rings is 1. The molecule has 1 aromatic rings. The lowest BCUT2D eigenvalue weighted by molar-refractivity contribution is -0.142. The number of hydrogen-bond donors (Lipinski definition) is 2. The molecule has 4 nitrogen and oxygen atoms in total. The van der Waals surface area contributed by atoms with E-state index in [-0.39, 0.29) is 5.56 Å². The van der Waals surface area contributed by atoms with Crippen molar-refractivity contribution < 1.29 is 27.9 Å². The maximum absolute atomic E-state index is 12.4. The number of halogens is 3. The second kappa shape index (κ2) is 5.75. The molecule has 2 rings (SSSR count). The Morgan fingerprint density at radius 3 is 2.29 bits per heavy atom. The molecular weight excluding hydrogens is 287 g/mol. The number of carboxylic acid groups (broad SMARTS) is 1. The van der Waals surface area contributed by atoms with E-state index in [2.05, 4.69) is 5.32 Å². The highest BCUT2D eigenvalue weighted by atomic mass is 19.4. The van der Waals surface area contributed by atoms with Gasteiger partial charge in [-0.2, -0.15) is 13.2 Å². The van der Waals surface area contributed by atoms with Gasteiger partial charge in [0.05, 0.1) is 11.5 Å². The van der Waals surface area contributed by atoms with E-state index in [1.165, 1.54) is 0 Å². The van der Waals surface area contributed by atoms with Gasteiger partial charge in [0, 0.05) is 11.6 Å². The molecule has 1 fully saturated rings. The van der Waals surface area contributed by atoms with E-state index >= 15 is 0 Å². The van der Waals surface area contributed by atoms with Crippen LogP contribution in [0.3, 0.4) is 0 Å². The highest BCUT2D eigenvalue weighted by molar-refractivity contribution is 5.94. The van der Waals surface area contributed by atoms with Crippen molar-refractivity contribution in [3.05, 3.63) is 35.4 Å². The van der Waals surface area contributed by atoms with Gasteiger partial charge in [-0.1, -0.05) is 6.42 Å². The molecule has 7 heteroatoms. The summed E-state index contributed by atoms with van der Waals surface area (Å²) in [5.74, 6) is -2.16. The van der Waals surface area contributed by atoms with E-state index in [4.69, 9.17) is 5.11 Å². The molecule has 21 heavy (non-hydrogen) atoms. The Hall–Kier alpha value is -2.05. The summed E-state index contributed by atoms with van der Waals surface area (Å²) in [6.45, 7) is 0. The number of alkyl halides is 3. The van der Waals surface area contributed by atoms with Gasteiger partial charge < -0.3 is 10.4 Å². The van der Waals surface area contributed by atoms with Crippen molar-refractivity contribution in [2.24, 2.45) is 5.92 Å². The molecule has 0 radical (unpaired) electrons. The Kier molecular flexibility index (Phi) is 4.20. The molecule has 1 aliphatic rings. The molecule has 0 bridgehead atoms. The summed E-state index contributed by atoms with van der Waals surface area (Å²) < 4.78 is 37.3. The minimum Gasteiger partial charge on any atom is -0.481 e. The molecule has 0 aromatic heterocycles. The maximum atomic E-state index is 12.4. The summed E-state index contributed by atoms with van der Waals surface area (Å²) in [4.78, 5) is 23.0. The number of rotatable bonds is 3. The zero-order valence-corrected chi connectivity index (χ0v) is 11.0. The Morgan fingerprint density at radius 2 is 1.76 bits per heavy atom. The van der Waals surface area contributed by atoms with Crippen LogP contribution < -0.4 is 5.32 Å². The average molecular weight is 301 g/mol. The largest absolute Gasteiger partial charge is 0.481 e. The number of carboxylic acids is 1. The van der Waals surface area contributed by atoms with Gasteiger partial charge in [0.1, 0.15) is 0 Å². The Labute approximate surface area is 119 Å². The monoisotopic (exact) mass is 301 g/mol. The third-order valence-electron chi connectivity index (χ3n) is 3.62. The fourth-order valence-electron chi connectivity index (χ4n) is 2.49. The number of carbonyl (C=O) groups excluding carboxylic acids is 1. The van der Waals surface area contributed by atoms with Crippen LogP contribution in [0.1, 0.15) is 35.2 Å². The van der Waals surface area contributed by atoms with E-state index in [1.54, 1.807) is 0 Å². The second-order valence-corrected chi connectivity index (χ2v) is 5.03. The first-order valence-corrected chi connectivity index (χ1v) is 6.50. The molecule has 2 atom stereocenters. The molecule has 2 N–H and O–H groups in total. The fourth-order valence-corrected chi connectivity index (χ4v) is 2.49. The standard InChI is InChI=1S/C14H14F3NO3/c15-14(16,17)9-6-4-8(5-7-9)12(19)18-11-3-1-2-10(11)13(20)21/h4-7,10-11H,1-3H2,(H,18,19)(H,20,21). The summed E-state index contributed by atoms with van der Waals surface area (Å²) in [5.41, 5.74) is -0.748. The van der Waals surface area contributed by atoms with Gasteiger partial charge in [0.2, 0.25) is 0 Å². The molecule has 114 valence electrons. The minimum absolute atomic E-state index is 0.0824. The molecule has 1 aliphatic carbocycles. The van der Waals surface area contributed by atoms with Gasteiger partial charge in [0.25, 0.3) is 5.91 Å². The molecule has 0 aliphatic heterocycles. The van der Waals surface area contributed by atoms with Crippen LogP contribution in [0.25, 0.3) is 0 Å². The second-order valence-electron chi connectivity index (χ2n) is 5.03. The predicted octanol–water partition coefficient (Wildman–Crippen LogP) is 2.69. The molecule has 1 saturated carbocycles. The molecule has 2 unspecified atom stereocenters. The Morgan fingerprint density at radius 1 is 1.14 bits per heavy atom. The first-order valence-electron chi connectivity index (χ1n) is 6.50. The summed E-state index contributed by atoms with van der Waals surface area (Å²) in [5, 5.41) is 11.6. The summed E-state index contributed by atoms with van der Waals surface area (Å²) in [6.07, 6.45) is -2.69. The van der Waals surface area contributed by atoms with Crippen LogP contribution in [-0.2, 0) is 11.0 Å². The molecule has 1 amide bonds. The van der Waals surface area contributed by atoms with Crippen molar-refractivity contribution in [1.29, 1.82) is 0 Å². The quantitative estimate of drug-likeness (QED) is 0.902. The van der Waals surface area contributed by atoms with E-state index in [1.807, 2.05) is 0 Å².